The molecule has 26 heavy (non-hydrogen) atoms. The van der Waals surface area contributed by atoms with E-state index in [9.17, 15) is 18.0 Å². The van der Waals surface area contributed by atoms with Crippen molar-refractivity contribution in [2.75, 3.05) is 18.9 Å². The van der Waals surface area contributed by atoms with Gasteiger partial charge in [-0.1, -0.05) is 6.08 Å². The predicted octanol–water partition coefficient (Wildman–Crippen LogP) is 2.26. The van der Waals surface area contributed by atoms with Crippen molar-refractivity contribution in [1.82, 2.24) is 9.62 Å². The fourth-order valence-electron chi connectivity index (χ4n) is 2.12. The quantitative estimate of drug-likeness (QED) is 0.566. The van der Waals surface area contributed by atoms with Crippen molar-refractivity contribution in [3.63, 3.8) is 0 Å². The maximum atomic E-state index is 12.3. The molecule has 2 amide bonds. The van der Waals surface area contributed by atoms with Gasteiger partial charge in [0.25, 0.3) is 0 Å². The minimum atomic E-state index is -3.61. The molecule has 0 bridgehead atoms. The van der Waals surface area contributed by atoms with E-state index in [0.717, 1.165) is 0 Å². The molecule has 0 aliphatic heterocycles. The van der Waals surface area contributed by atoms with Gasteiger partial charge in [0.05, 0.1) is 4.90 Å². The number of hydrogen-bond acceptors (Lipinski definition) is 4. The van der Waals surface area contributed by atoms with E-state index in [1.165, 1.54) is 41.7 Å². The van der Waals surface area contributed by atoms with Crippen molar-refractivity contribution in [3.8, 4) is 0 Å². The minimum absolute atomic E-state index is 0.0575. The molecule has 0 spiro atoms. The molecule has 0 heterocycles. The third-order valence-corrected chi connectivity index (χ3v) is 5.46. The highest BCUT2D eigenvalue weighted by Gasteiger charge is 2.22. The Kier molecular flexibility index (Phi) is 7.34. The topological polar surface area (TPSA) is 116 Å². The predicted molar refractivity (Wildman–Crippen MR) is 99.6 cm³/mol. The van der Waals surface area contributed by atoms with Crippen molar-refractivity contribution in [2.24, 2.45) is 0 Å². The van der Waals surface area contributed by atoms with Gasteiger partial charge in [0.15, 0.2) is 0 Å². The molecule has 0 saturated heterocycles. The molecule has 0 aliphatic carbocycles. The van der Waals surface area contributed by atoms with Crippen LogP contribution >= 0.6 is 0 Å². The minimum Gasteiger partial charge on any atom is -0.481 e. The molecule has 1 aromatic rings. The van der Waals surface area contributed by atoms with E-state index in [1.807, 2.05) is 0 Å². The lowest BCUT2D eigenvalue weighted by atomic mass is 9.99. The highest BCUT2D eigenvalue weighted by molar-refractivity contribution is 7.89. The highest BCUT2D eigenvalue weighted by atomic mass is 32.2. The summed E-state index contributed by atoms with van der Waals surface area (Å²) in [5.41, 5.74) is -0.277. The molecule has 0 aliphatic rings. The Morgan fingerprint density at radius 2 is 1.85 bits per heavy atom. The number of anilines is 1. The number of urea groups is 1. The second-order valence-electron chi connectivity index (χ2n) is 6.46. The van der Waals surface area contributed by atoms with Crippen LogP contribution in [0.25, 0.3) is 0 Å². The van der Waals surface area contributed by atoms with Gasteiger partial charge in [-0.05, 0) is 44.5 Å². The van der Waals surface area contributed by atoms with E-state index in [4.69, 9.17) is 5.11 Å². The largest absolute Gasteiger partial charge is 0.481 e. The number of carboxylic acids is 1. The average molecular weight is 383 g/mol. The number of sulfonamides is 1. The summed E-state index contributed by atoms with van der Waals surface area (Å²) < 4.78 is 25.8. The van der Waals surface area contributed by atoms with Gasteiger partial charge < -0.3 is 15.7 Å². The summed E-state index contributed by atoms with van der Waals surface area (Å²) in [6, 6.07) is 5.27. The number of nitrogens with zero attached hydrogens (tertiary/aromatic N) is 1. The van der Waals surface area contributed by atoms with Crippen molar-refractivity contribution in [1.29, 1.82) is 0 Å². The zero-order chi connectivity index (χ0) is 20.0. The highest BCUT2D eigenvalue weighted by Crippen LogP contribution is 2.18. The van der Waals surface area contributed by atoms with E-state index in [2.05, 4.69) is 17.2 Å². The number of hydrogen-bond donors (Lipinski definition) is 3. The lowest BCUT2D eigenvalue weighted by molar-refractivity contribution is -0.137. The van der Waals surface area contributed by atoms with Gasteiger partial charge in [-0.15, -0.1) is 6.58 Å². The van der Waals surface area contributed by atoms with Crippen LogP contribution in [0.2, 0.25) is 0 Å². The van der Waals surface area contributed by atoms with Crippen molar-refractivity contribution >= 4 is 27.7 Å². The summed E-state index contributed by atoms with van der Waals surface area (Å²) >= 11 is 0. The van der Waals surface area contributed by atoms with E-state index in [1.54, 1.807) is 13.8 Å². The number of rotatable bonds is 9. The molecule has 0 aromatic heterocycles. The molecule has 3 N–H and O–H groups in total. The van der Waals surface area contributed by atoms with Crippen LogP contribution in [0.3, 0.4) is 0 Å². The molecule has 1 aromatic carbocycles. The number of carbonyl (C=O) groups excluding carboxylic acids is 1. The fourth-order valence-corrected chi connectivity index (χ4v) is 3.26. The summed E-state index contributed by atoms with van der Waals surface area (Å²) in [7, 11) is -2.16. The third-order valence-electron chi connectivity index (χ3n) is 3.62. The Hall–Kier alpha value is -2.39. The molecule has 0 atom stereocenters. The number of carboxylic acid groups (broad SMARTS) is 1. The first-order valence-corrected chi connectivity index (χ1v) is 9.40. The first kappa shape index (κ1) is 21.7. The van der Waals surface area contributed by atoms with Crippen LogP contribution in [-0.4, -0.2) is 49.0 Å². The Bertz CT molecular complexity index is 757. The lowest BCUT2D eigenvalue weighted by Gasteiger charge is -2.25. The van der Waals surface area contributed by atoms with E-state index >= 15 is 0 Å². The normalized spacial score (nSPS) is 11.8. The third kappa shape index (κ3) is 6.49. The number of benzene rings is 1. The average Bonchev–Trinajstić information content (AvgIpc) is 2.53. The summed E-state index contributed by atoms with van der Waals surface area (Å²) in [5, 5.41) is 14.0. The molecular weight excluding hydrogens is 358 g/mol. The monoisotopic (exact) mass is 383 g/mol. The van der Waals surface area contributed by atoms with Gasteiger partial charge in [-0.25, -0.2) is 13.2 Å². The van der Waals surface area contributed by atoms with Crippen LogP contribution in [0.1, 0.15) is 26.7 Å². The molecule has 9 heteroatoms. The van der Waals surface area contributed by atoms with E-state index in [0.29, 0.717) is 5.69 Å². The molecule has 144 valence electrons. The smallest absolute Gasteiger partial charge is 0.319 e. The van der Waals surface area contributed by atoms with E-state index < -0.39 is 27.6 Å². The van der Waals surface area contributed by atoms with Gasteiger partial charge in [0.2, 0.25) is 10.0 Å². The molecule has 0 fully saturated rings. The van der Waals surface area contributed by atoms with Crippen molar-refractivity contribution in [2.45, 2.75) is 37.1 Å². The number of nitrogens with one attached hydrogen (secondary N) is 2. The van der Waals surface area contributed by atoms with Crippen LogP contribution in [0.15, 0.2) is 41.8 Å². The molecule has 0 radical (unpaired) electrons. The van der Waals surface area contributed by atoms with Crippen LogP contribution < -0.4 is 10.6 Å². The summed E-state index contributed by atoms with van der Waals surface area (Å²) in [5.74, 6) is -0.932. The van der Waals surface area contributed by atoms with Crippen LogP contribution in [0.5, 0.6) is 0 Å². The van der Waals surface area contributed by atoms with Crippen molar-refractivity contribution < 1.29 is 23.1 Å². The Balaban J connectivity index is 2.74. The Morgan fingerprint density at radius 1 is 1.27 bits per heavy atom. The van der Waals surface area contributed by atoms with Gasteiger partial charge in [0, 0.05) is 31.2 Å². The van der Waals surface area contributed by atoms with Gasteiger partial charge in [-0.3, -0.25) is 4.79 Å². The second kappa shape index (κ2) is 8.81. The number of amides is 2. The first-order valence-electron chi connectivity index (χ1n) is 7.96. The SMILES string of the molecule is C=CCN(C)S(=O)(=O)c1ccc(NC(=O)NC(C)(C)CCC(=O)O)cc1. The van der Waals surface area contributed by atoms with Crippen molar-refractivity contribution in [3.05, 3.63) is 36.9 Å². The lowest BCUT2D eigenvalue weighted by Crippen LogP contribution is -2.45. The maximum absolute atomic E-state index is 12.3. The zero-order valence-electron chi connectivity index (χ0n) is 15.2. The van der Waals surface area contributed by atoms with Crippen LogP contribution in [0.4, 0.5) is 10.5 Å². The maximum Gasteiger partial charge on any atom is 0.319 e. The van der Waals surface area contributed by atoms with Gasteiger partial charge in [0.1, 0.15) is 0 Å². The van der Waals surface area contributed by atoms with Crippen LogP contribution in [-0.2, 0) is 14.8 Å². The molecule has 0 unspecified atom stereocenters. The summed E-state index contributed by atoms with van der Waals surface area (Å²) in [6.45, 7) is 7.15. The Labute approximate surface area is 153 Å². The zero-order valence-corrected chi connectivity index (χ0v) is 16.0. The van der Waals surface area contributed by atoms with Gasteiger partial charge >= 0.3 is 12.0 Å². The molecule has 0 saturated carbocycles. The standard InChI is InChI=1S/C17H25N3O5S/c1-5-12-20(4)26(24,25)14-8-6-13(7-9-14)18-16(23)19-17(2,3)11-10-15(21)22/h5-9H,1,10-12H2,2-4H3,(H,21,22)(H2,18,19,23). The number of likely N-dealkylation sites (N-methyl/N-ethyl adjacent to an activating group) is 1. The fraction of sp³-hybridized carbons (Fsp3) is 0.412. The number of aliphatic carboxylic acids is 1. The first-order chi connectivity index (χ1) is 12.0. The summed E-state index contributed by atoms with van der Waals surface area (Å²) in [4.78, 5) is 22.8. The molecular formula is C17H25N3O5S. The van der Waals surface area contributed by atoms with Crippen LogP contribution in [0, 0.1) is 0 Å². The van der Waals surface area contributed by atoms with E-state index in [-0.39, 0.29) is 24.3 Å². The van der Waals surface area contributed by atoms with Gasteiger partial charge in [-0.2, -0.15) is 4.31 Å². The Morgan fingerprint density at radius 3 is 2.35 bits per heavy atom. The summed E-state index contributed by atoms with van der Waals surface area (Å²) in [6.07, 6.45) is 1.71. The number of carbonyl (C=O) groups is 2. The molecule has 8 nitrogen and oxygen atoms in total. The molecule has 1 rings (SSSR count). The second-order valence-corrected chi connectivity index (χ2v) is 8.50.